The highest BCUT2D eigenvalue weighted by Gasteiger charge is 2.43. The average molecular weight is 345 g/mol. The smallest absolute Gasteiger partial charge is 0.312 e. The summed E-state index contributed by atoms with van der Waals surface area (Å²) in [4.78, 5) is 30.3. The minimum atomic E-state index is -0.524. The Morgan fingerprint density at radius 3 is 2.79 bits per heavy atom. The van der Waals surface area contributed by atoms with Crippen LogP contribution in [0.4, 0.5) is 0 Å². The van der Waals surface area contributed by atoms with Crippen LogP contribution in [0.5, 0.6) is 0 Å². The minimum absolute atomic E-state index is 0.0370. The molecule has 5 nitrogen and oxygen atoms in total. The third-order valence-electron chi connectivity index (χ3n) is 4.17. The lowest BCUT2D eigenvalue weighted by atomic mass is 9.94. The number of ether oxygens (including phenoxy) is 1. The summed E-state index contributed by atoms with van der Waals surface area (Å²) in [5.74, 6) is -0.987. The largest absolute Gasteiger partial charge is 0.459 e. The molecule has 0 unspecified atom stereocenters. The second-order valence-corrected chi connectivity index (χ2v) is 6.18. The summed E-state index contributed by atoms with van der Waals surface area (Å²) in [7, 11) is 1.71. The summed E-state index contributed by atoms with van der Waals surface area (Å²) in [5.41, 5.74) is 1.50. The Morgan fingerprint density at radius 1 is 1.33 bits per heavy atom. The fourth-order valence-corrected chi connectivity index (χ4v) is 3.15. The summed E-state index contributed by atoms with van der Waals surface area (Å²) >= 11 is 5.90. The van der Waals surface area contributed by atoms with Gasteiger partial charge in [0.05, 0.1) is 17.7 Å². The van der Waals surface area contributed by atoms with Gasteiger partial charge in [-0.05, 0) is 17.7 Å². The predicted molar refractivity (Wildman–Crippen MR) is 89.1 cm³/mol. The zero-order valence-electron chi connectivity index (χ0n) is 13.2. The Balaban J connectivity index is 1.74. The molecule has 1 aliphatic rings. The molecule has 1 saturated heterocycles. The van der Waals surface area contributed by atoms with E-state index in [1.807, 2.05) is 30.3 Å². The molecular formula is C18H17ClN2O3. The van der Waals surface area contributed by atoms with Crippen LogP contribution >= 0.6 is 11.6 Å². The van der Waals surface area contributed by atoms with E-state index in [2.05, 4.69) is 4.98 Å². The van der Waals surface area contributed by atoms with Gasteiger partial charge in [-0.25, -0.2) is 0 Å². The number of nitrogens with zero attached hydrogens (tertiary/aromatic N) is 2. The first kappa shape index (κ1) is 16.5. The van der Waals surface area contributed by atoms with Gasteiger partial charge in [-0.2, -0.15) is 0 Å². The number of pyridine rings is 1. The van der Waals surface area contributed by atoms with E-state index in [0.29, 0.717) is 10.7 Å². The zero-order valence-corrected chi connectivity index (χ0v) is 13.9. The van der Waals surface area contributed by atoms with Gasteiger partial charge in [0.25, 0.3) is 0 Å². The van der Waals surface area contributed by atoms with Crippen molar-refractivity contribution in [3.05, 3.63) is 64.9 Å². The van der Waals surface area contributed by atoms with Crippen molar-refractivity contribution in [2.75, 3.05) is 7.05 Å². The Labute approximate surface area is 145 Å². The van der Waals surface area contributed by atoms with Crippen molar-refractivity contribution >= 4 is 23.5 Å². The fourth-order valence-electron chi connectivity index (χ4n) is 2.97. The number of hydrogen-bond acceptors (Lipinski definition) is 4. The van der Waals surface area contributed by atoms with Gasteiger partial charge in [-0.15, -0.1) is 0 Å². The van der Waals surface area contributed by atoms with E-state index in [4.69, 9.17) is 16.3 Å². The monoisotopic (exact) mass is 344 g/mol. The molecule has 0 saturated carbocycles. The van der Waals surface area contributed by atoms with Gasteiger partial charge in [0, 0.05) is 24.7 Å². The number of carbonyl (C=O) groups is 2. The average Bonchev–Trinajstić information content (AvgIpc) is 2.89. The molecule has 0 radical (unpaired) electrons. The third kappa shape index (κ3) is 3.41. The maximum atomic E-state index is 12.5. The molecule has 0 spiro atoms. The lowest BCUT2D eigenvalue weighted by Gasteiger charge is -2.24. The Kier molecular flexibility index (Phi) is 4.81. The van der Waals surface area contributed by atoms with Gasteiger partial charge in [-0.1, -0.05) is 41.9 Å². The molecule has 24 heavy (non-hydrogen) atoms. The summed E-state index contributed by atoms with van der Waals surface area (Å²) < 4.78 is 5.38. The van der Waals surface area contributed by atoms with Gasteiger partial charge >= 0.3 is 5.97 Å². The van der Waals surface area contributed by atoms with E-state index in [-0.39, 0.29) is 25.0 Å². The lowest BCUT2D eigenvalue weighted by Crippen LogP contribution is -2.27. The van der Waals surface area contributed by atoms with E-state index in [9.17, 15) is 9.59 Å². The van der Waals surface area contributed by atoms with Gasteiger partial charge in [0.1, 0.15) is 6.61 Å². The molecule has 1 aliphatic heterocycles. The fraction of sp³-hybridized carbons (Fsp3) is 0.278. The van der Waals surface area contributed by atoms with Crippen LogP contribution in [0.15, 0.2) is 48.7 Å². The number of rotatable bonds is 4. The molecule has 2 aromatic rings. The summed E-state index contributed by atoms with van der Waals surface area (Å²) in [5, 5.41) is 0.536. The minimum Gasteiger partial charge on any atom is -0.459 e. The van der Waals surface area contributed by atoms with Crippen molar-refractivity contribution in [3.8, 4) is 0 Å². The highest BCUT2D eigenvalue weighted by molar-refractivity contribution is 6.30. The lowest BCUT2D eigenvalue weighted by molar-refractivity contribution is -0.151. The van der Waals surface area contributed by atoms with Crippen LogP contribution in [0.3, 0.4) is 0 Å². The predicted octanol–water partition coefficient (Wildman–Crippen LogP) is 3.00. The molecule has 1 fully saturated rings. The molecule has 1 aromatic carbocycles. The first-order chi connectivity index (χ1) is 11.6. The van der Waals surface area contributed by atoms with Gasteiger partial charge < -0.3 is 9.64 Å². The van der Waals surface area contributed by atoms with Crippen molar-refractivity contribution in [3.63, 3.8) is 0 Å². The number of carbonyl (C=O) groups excluding carboxylic acids is 2. The van der Waals surface area contributed by atoms with Crippen LogP contribution in [0.1, 0.15) is 23.7 Å². The first-order valence-corrected chi connectivity index (χ1v) is 8.01. The molecule has 2 heterocycles. The topological polar surface area (TPSA) is 59.5 Å². The molecule has 0 aliphatic carbocycles. The van der Waals surface area contributed by atoms with Crippen LogP contribution in [0.25, 0.3) is 0 Å². The molecule has 124 valence electrons. The SMILES string of the molecule is CN1C(=O)C[C@H](C(=O)OCc2cc(Cl)ccn2)[C@H]1c1ccccc1. The summed E-state index contributed by atoms with van der Waals surface area (Å²) in [6, 6.07) is 12.5. The van der Waals surface area contributed by atoms with E-state index in [1.165, 1.54) is 0 Å². The molecule has 2 atom stereocenters. The van der Waals surface area contributed by atoms with Gasteiger partial charge in [0.2, 0.25) is 5.91 Å². The van der Waals surface area contributed by atoms with E-state index in [0.717, 1.165) is 5.56 Å². The van der Waals surface area contributed by atoms with Gasteiger partial charge in [0.15, 0.2) is 0 Å². The highest BCUT2D eigenvalue weighted by atomic mass is 35.5. The van der Waals surface area contributed by atoms with Crippen LogP contribution in [0.2, 0.25) is 5.02 Å². The van der Waals surface area contributed by atoms with E-state index < -0.39 is 11.9 Å². The van der Waals surface area contributed by atoms with E-state index >= 15 is 0 Å². The van der Waals surface area contributed by atoms with Crippen LogP contribution in [-0.4, -0.2) is 28.8 Å². The van der Waals surface area contributed by atoms with Crippen molar-refractivity contribution in [2.45, 2.75) is 19.1 Å². The Hall–Kier alpha value is -2.40. The second-order valence-electron chi connectivity index (χ2n) is 5.74. The molecule has 0 N–H and O–H groups in total. The van der Waals surface area contributed by atoms with Crippen molar-refractivity contribution in [1.82, 2.24) is 9.88 Å². The normalized spacial score (nSPS) is 20.2. The number of benzene rings is 1. The van der Waals surface area contributed by atoms with Crippen LogP contribution in [0, 0.1) is 5.92 Å². The van der Waals surface area contributed by atoms with Gasteiger partial charge in [-0.3, -0.25) is 14.6 Å². The number of likely N-dealkylation sites (tertiary alicyclic amines) is 1. The molecular weight excluding hydrogens is 328 g/mol. The number of halogens is 1. The number of esters is 1. The number of aromatic nitrogens is 1. The first-order valence-electron chi connectivity index (χ1n) is 7.64. The second kappa shape index (κ2) is 7.01. The molecule has 0 bridgehead atoms. The third-order valence-corrected chi connectivity index (χ3v) is 4.41. The summed E-state index contributed by atoms with van der Waals surface area (Å²) in [6.07, 6.45) is 1.71. The van der Waals surface area contributed by atoms with Crippen molar-refractivity contribution < 1.29 is 14.3 Å². The van der Waals surface area contributed by atoms with Crippen molar-refractivity contribution in [2.24, 2.45) is 5.92 Å². The van der Waals surface area contributed by atoms with Crippen LogP contribution < -0.4 is 0 Å². The molecule has 3 rings (SSSR count). The maximum absolute atomic E-state index is 12.5. The standard InChI is InChI=1S/C18H17ClN2O3/c1-21-16(22)10-15(17(21)12-5-3-2-4-6-12)18(23)24-11-14-9-13(19)7-8-20-14/h2-9,15,17H,10-11H2,1H3/t15-,17+/m0/s1. The summed E-state index contributed by atoms with van der Waals surface area (Å²) in [6.45, 7) is 0.0370. The zero-order chi connectivity index (χ0) is 17.1. The van der Waals surface area contributed by atoms with Crippen LogP contribution in [-0.2, 0) is 20.9 Å². The van der Waals surface area contributed by atoms with Crippen molar-refractivity contribution in [1.29, 1.82) is 0 Å². The Bertz CT molecular complexity index is 751. The van der Waals surface area contributed by atoms with E-state index in [1.54, 1.807) is 30.3 Å². The number of amides is 1. The quantitative estimate of drug-likeness (QED) is 0.800. The Morgan fingerprint density at radius 2 is 2.08 bits per heavy atom. The highest BCUT2D eigenvalue weighted by Crippen LogP contribution is 2.37. The number of hydrogen-bond donors (Lipinski definition) is 0. The molecule has 1 amide bonds. The maximum Gasteiger partial charge on any atom is 0.312 e. The molecule has 6 heteroatoms. The molecule has 1 aromatic heterocycles.